The molecular formula is C16H25NO4. The molecule has 1 atom stereocenters. The van der Waals surface area contributed by atoms with Crippen molar-refractivity contribution in [2.24, 2.45) is 0 Å². The fourth-order valence-corrected chi connectivity index (χ4v) is 2.54. The minimum atomic E-state index is -0.515. The number of aliphatic hydroxyl groups excluding tert-OH is 1. The van der Waals surface area contributed by atoms with Crippen molar-refractivity contribution in [3.63, 3.8) is 0 Å². The third kappa shape index (κ3) is 4.79. The summed E-state index contributed by atoms with van der Waals surface area (Å²) in [5.41, 5.74) is 0.882. The average molecular weight is 295 g/mol. The molecule has 2 rings (SSSR count). The van der Waals surface area contributed by atoms with Crippen molar-refractivity contribution in [2.45, 2.75) is 37.9 Å². The van der Waals surface area contributed by atoms with Gasteiger partial charge in [0.1, 0.15) is 0 Å². The smallest absolute Gasteiger partial charge is 0.162 e. The third-order valence-corrected chi connectivity index (χ3v) is 3.75. The van der Waals surface area contributed by atoms with Crippen LogP contribution in [0.2, 0.25) is 0 Å². The van der Waals surface area contributed by atoms with Gasteiger partial charge in [-0.2, -0.15) is 0 Å². The Balaban J connectivity index is 1.76. The van der Waals surface area contributed by atoms with E-state index >= 15 is 0 Å². The summed E-state index contributed by atoms with van der Waals surface area (Å²) in [4.78, 5) is 0. The molecule has 21 heavy (non-hydrogen) atoms. The molecule has 1 aliphatic rings. The number of hydrogen-bond donors (Lipinski definition) is 2. The first-order valence-corrected chi connectivity index (χ1v) is 7.48. The molecular weight excluding hydrogens is 270 g/mol. The second-order valence-corrected chi connectivity index (χ2v) is 5.34. The van der Waals surface area contributed by atoms with Crippen molar-refractivity contribution < 1.29 is 19.3 Å². The van der Waals surface area contributed by atoms with Gasteiger partial charge in [-0.15, -0.1) is 0 Å². The van der Waals surface area contributed by atoms with Crippen molar-refractivity contribution >= 4 is 5.69 Å². The zero-order valence-electron chi connectivity index (χ0n) is 12.8. The van der Waals surface area contributed by atoms with E-state index in [1.807, 2.05) is 18.2 Å². The van der Waals surface area contributed by atoms with Gasteiger partial charge in [0, 0.05) is 18.3 Å². The van der Waals surface area contributed by atoms with E-state index in [1.54, 1.807) is 14.2 Å². The number of methoxy groups -OCH3 is 2. The predicted molar refractivity (Wildman–Crippen MR) is 82.3 cm³/mol. The van der Waals surface area contributed by atoms with Gasteiger partial charge in [-0.25, -0.2) is 0 Å². The lowest BCUT2D eigenvalue weighted by atomic mass is 10.2. The highest BCUT2D eigenvalue weighted by molar-refractivity contribution is 5.54. The minimum Gasteiger partial charge on any atom is -0.493 e. The summed E-state index contributed by atoms with van der Waals surface area (Å²) < 4.78 is 16.1. The summed E-state index contributed by atoms with van der Waals surface area (Å²) in [6, 6.07) is 5.58. The first kappa shape index (κ1) is 15.9. The van der Waals surface area contributed by atoms with E-state index in [4.69, 9.17) is 14.2 Å². The Morgan fingerprint density at radius 1 is 1.19 bits per heavy atom. The molecule has 1 aliphatic carbocycles. The second-order valence-electron chi connectivity index (χ2n) is 5.34. The summed E-state index contributed by atoms with van der Waals surface area (Å²) in [6.07, 6.45) is 4.54. The van der Waals surface area contributed by atoms with Crippen molar-refractivity contribution in [1.29, 1.82) is 0 Å². The number of hydrogen-bond acceptors (Lipinski definition) is 5. The van der Waals surface area contributed by atoms with E-state index in [2.05, 4.69) is 5.32 Å². The van der Waals surface area contributed by atoms with E-state index in [9.17, 15) is 5.11 Å². The fourth-order valence-electron chi connectivity index (χ4n) is 2.54. The molecule has 0 spiro atoms. The highest BCUT2D eigenvalue weighted by Crippen LogP contribution is 2.29. The van der Waals surface area contributed by atoms with Crippen LogP contribution < -0.4 is 14.8 Å². The number of ether oxygens (including phenoxy) is 3. The topological polar surface area (TPSA) is 60.0 Å². The molecule has 0 aromatic heterocycles. The number of rotatable bonds is 8. The molecule has 2 N–H and O–H groups in total. The third-order valence-electron chi connectivity index (χ3n) is 3.75. The van der Waals surface area contributed by atoms with E-state index in [-0.39, 0.29) is 0 Å². The van der Waals surface area contributed by atoms with Gasteiger partial charge in [0.2, 0.25) is 0 Å². The summed E-state index contributed by atoms with van der Waals surface area (Å²) in [5, 5.41) is 13.1. The van der Waals surface area contributed by atoms with Crippen LogP contribution in [0.15, 0.2) is 18.2 Å². The van der Waals surface area contributed by atoms with Crippen molar-refractivity contribution in [1.82, 2.24) is 0 Å². The molecule has 5 heteroatoms. The van der Waals surface area contributed by atoms with Crippen LogP contribution in [0.4, 0.5) is 5.69 Å². The SMILES string of the molecule is COc1ccc(NCC(O)COC2CCCC2)cc1OC. The first-order valence-electron chi connectivity index (χ1n) is 7.48. The maximum absolute atomic E-state index is 9.95. The van der Waals surface area contributed by atoms with Crippen LogP contribution in [0.5, 0.6) is 11.5 Å². The molecule has 1 aromatic carbocycles. The Bertz CT molecular complexity index is 432. The van der Waals surface area contributed by atoms with Gasteiger partial charge >= 0.3 is 0 Å². The maximum Gasteiger partial charge on any atom is 0.162 e. The van der Waals surface area contributed by atoms with Gasteiger partial charge in [-0.1, -0.05) is 12.8 Å². The molecule has 0 bridgehead atoms. The Morgan fingerprint density at radius 2 is 1.90 bits per heavy atom. The average Bonchev–Trinajstić information content (AvgIpc) is 3.04. The monoisotopic (exact) mass is 295 g/mol. The number of anilines is 1. The van der Waals surface area contributed by atoms with Gasteiger partial charge in [-0.05, 0) is 25.0 Å². The number of aliphatic hydroxyl groups is 1. The lowest BCUT2D eigenvalue weighted by Gasteiger charge is -2.17. The van der Waals surface area contributed by atoms with Crippen LogP contribution in [0, 0.1) is 0 Å². The van der Waals surface area contributed by atoms with E-state index in [0.29, 0.717) is 30.8 Å². The Morgan fingerprint density at radius 3 is 2.57 bits per heavy atom. The summed E-state index contributed by atoms with van der Waals surface area (Å²) in [6.45, 7) is 0.827. The molecule has 5 nitrogen and oxygen atoms in total. The van der Waals surface area contributed by atoms with Crippen LogP contribution in [0.25, 0.3) is 0 Å². The molecule has 118 valence electrons. The summed E-state index contributed by atoms with van der Waals surface area (Å²) in [5.74, 6) is 1.35. The zero-order chi connectivity index (χ0) is 15.1. The quantitative estimate of drug-likeness (QED) is 0.771. The second kappa shape index (κ2) is 8.10. The largest absolute Gasteiger partial charge is 0.493 e. The Hall–Kier alpha value is -1.46. The normalized spacial score (nSPS) is 16.7. The summed E-state index contributed by atoms with van der Waals surface area (Å²) in [7, 11) is 3.21. The van der Waals surface area contributed by atoms with Gasteiger partial charge in [0.25, 0.3) is 0 Å². The highest BCUT2D eigenvalue weighted by Gasteiger charge is 2.16. The van der Waals surface area contributed by atoms with Crippen LogP contribution in [-0.4, -0.2) is 44.7 Å². The highest BCUT2D eigenvalue weighted by atomic mass is 16.5. The molecule has 0 heterocycles. The molecule has 1 aromatic rings. The van der Waals surface area contributed by atoms with Crippen molar-refractivity contribution in [3.05, 3.63) is 18.2 Å². The minimum absolute atomic E-state index is 0.334. The lowest BCUT2D eigenvalue weighted by molar-refractivity contribution is -0.00117. The van der Waals surface area contributed by atoms with Crippen molar-refractivity contribution in [3.8, 4) is 11.5 Å². The molecule has 0 radical (unpaired) electrons. The van der Waals surface area contributed by atoms with Gasteiger partial charge in [0.05, 0.1) is 33.0 Å². The number of benzene rings is 1. The van der Waals surface area contributed by atoms with Crippen LogP contribution >= 0.6 is 0 Å². The molecule has 0 saturated heterocycles. The van der Waals surface area contributed by atoms with E-state index < -0.39 is 6.10 Å². The first-order chi connectivity index (χ1) is 10.2. The van der Waals surface area contributed by atoms with Crippen LogP contribution in [0.3, 0.4) is 0 Å². The van der Waals surface area contributed by atoms with E-state index in [1.165, 1.54) is 12.8 Å². The molecule has 0 aliphatic heterocycles. The Kier molecular flexibility index (Phi) is 6.14. The lowest BCUT2D eigenvalue weighted by Crippen LogP contribution is -2.27. The van der Waals surface area contributed by atoms with E-state index in [0.717, 1.165) is 18.5 Å². The summed E-state index contributed by atoms with van der Waals surface area (Å²) >= 11 is 0. The Labute approximate surface area is 126 Å². The standard InChI is InChI=1S/C16H25NO4/c1-19-15-8-7-12(9-16(15)20-2)17-10-13(18)11-21-14-5-3-4-6-14/h7-9,13-14,17-18H,3-6,10-11H2,1-2H3. The number of nitrogens with one attached hydrogen (secondary N) is 1. The van der Waals surface area contributed by atoms with Crippen LogP contribution in [0.1, 0.15) is 25.7 Å². The van der Waals surface area contributed by atoms with Gasteiger partial charge in [-0.3, -0.25) is 0 Å². The molecule has 1 unspecified atom stereocenters. The van der Waals surface area contributed by atoms with Gasteiger partial charge < -0.3 is 24.6 Å². The van der Waals surface area contributed by atoms with Crippen LogP contribution in [-0.2, 0) is 4.74 Å². The molecule has 0 amide bonds. The maximum atomic E-state index is 9.95. The molecule has 1 saturated carbocycles. The predicted octanol–water partition coefficient (Wildman–Crippen LogP) is 2.44. The van der Waals surface area contributed by atoms with Crippen molar-refractivity contribution in [2.75, 3.05) is 32.7 Å². The van der Waals surface area contributed by atoms with Gasteiger partial charge in [0.15, 0.2) is 11.5 Å². The molecule has 1 fully saturated rings. The zero-order valence-corrected chi connectivity index (χ0v) is 12.8. The fraction of sp³-hybridized carbons (Fsp3) is 0.625.